The van der Waals surface area contributed by atoms with E-state index < -0.39 is 0 Å². The van der Waals surface area contributed by atoms with Crippen LogP contribution in [0.4, 0.5) is 5.69 Å². The van der Waals surface area contributed by atoms with E-state index in [0.717, 1.165) is 12.2 Å². The first-order valence-corrected chi connectivity index (χ1v) is 8.71. The normalized spacial score (nSPS) is 25.3. The van der Waals surface area contributed by atoms with Gasteiger partial charge in [0.2, 0.25) is 0 Å². The molecule has 0 unspecified atom stereocenters. The predicted octanol–water partition coefficient (Wildman–Crippen LogP) is 5.13. The van der Waals surface area contributed by atoms with Crippen molar-refractivity contribution in [2.24, 2.45) is 5.92 Å². The molecule has 4 rings (SSSR count). The summed E-state index contributed by atoms with van der Waals surface area (Å²) in [5, 5.41) is 3.76. The van der Waals surface area contributed by atoms with Crippen LogP contribution in [0.25, 0.3) is 0 Å². The van der Waals surface area contributed by atoms with Crippen LogP contribution in [0, 0.1) is 9.49 Å². The predicted molar refractivity (Wildman–Crippen MR) is 98.5 cm³/mol. The Kier molecular flexibility index (Phi) is 3.60. The number of fused-ring (bicyclic) bond motifs is 3. The van der Waals surface area contributed by atoms with Crippen LogP contribution in [0.1, 0.15) is 29.5 Å². The Morgan fingerprint density at radius 3 is 2.86 bits per heavy atom. The fourth-order valence-corrected chi connectivity index (χ4v) is 4.31. The van der Waals surface area contributed by atoms with Crippen LogP contribution in [0.2, 0.25) is 0 Å². The number of allylic oxidation sites excluding steroid dienone is 2. The number of nitrogens with one attached hydrogen (secondary N) is 1. The van der Waals surface area contributed by atoms with Crippen molar-refractivity contribution < 1.29 is 4.74 Å². The monoisotopic (exact) mass is 403 g/mol. The SMILES string of the molecule is COc1ccccc1[C@H]1Nc2ccc(I)cc2[C@@H]2C=CC[C@@H]12. The third-order valence-corrected chi connectivity index (χ3v) is 5.47. The maximum absolute atomic E-state index is 5.59. The van der Waals surface area contributed by atoms with Gasteiger partial charge in [-0.05, 0) is 64.8 Å². The smallest absolute Gasteiger partial charge is 0.124 e. The molecule has 22 heavy (non-hydrogen) atoms. The van der Waals surface area contributed by atoms with E-state index in [9.17, 15) is 0 Å². The lowest BCUT2D eigenvalue weighted by atomic mass is 9.77. The zero-order valence-electron chi connectivity index (χ0n) is 12.4. The molecule has 1 heterocycles. The minimum atomic E-state index is 0.295. The number of anilines is 1. The highest BCUT2D eigenvalue weighted by Gasteiger charge is 2.38. The largest absolute Gasteiger partial charge is 0.496 e. The first kappa shape index (κ1) is 14.1. The van der Waals surface area contributed by atoms with Gasteiger partial charge in [0.15, 0.2) is 0 Å². The average molecular weight is 403 g/mol. The van der Waals surface area contributed by atoms with Crippen molar-refractivity contribution in [2.45, 2.75) is 18.4 Å². The molecule has 1 aliphatic heterocycles. The van der Waals surface area contributed by atoms with Gasteiger partial charge < -0.3 is 10.1 Å². The van der Waals surface area contributed by atoms with E-state index in [1.165, 1.54) is 20.4 Å². The highest BCUT2D eigenvalue weighted by atomic mass is 127. The Labute approximate surface area is 144 Å². The van der Waals surface area contributed by atoms with Crippen molar-refractivity contribution in [1.82, 2.24) is 0 Å². The third kappa shape index (κ3) is 2.22. The first-order valence-electron chi connectivity index (χ1n) is 7.63. The Hall–Kier alpha value is -1.49. The van der Waals surface area contributed by atoms with Gasteiger partial charge in [-0.2, -0.15) is 0 Å². The molecule has 0 saturated carbocycles. The summed E-state index contributed by atoms with van der Waals surface area (Å²) in [5.41, 5.74) is 3.94. The number of hydrogen-bond donors (Lipinski definition) is 1. The van der Waals surface area contributed by atoms with Crippen LogP contribution in [-0.4, -0.2) is 7.11 Å². The van der Waals surface area contributed by atoms with Crippen molar-refractivity contribution in [2.75, 3.05) is 12.4 Å². The molecule has 3 atom stereocenters. The molecule has 0 amide bonds. The molecule has 2 aromatic rings. The van der Waals surface area contributed by atoms with Gasteiger partial charge in [-0.25, -0.2) is 0 Å². The van der Waals surface area contributed by atoms with Crippen LogP contribution in [-0.2, 0) is 0 Å². The number of methoxy groups -OCH3 is 1. The van der Waals surface area contributed by atoms with Gasteiger partial charge in [0.1, 0.15) is 5.75 Å². The molecule has 2 aromatic carbocycles. The van der Waals surface area contributed by atoms with E-state index in [1.54, 1.807) is 7.11 Å². The second-order valence-electron chi connectivity index (χ2n) is 5.95. The maximum atomic E-state index is 5.59. The highest BCUT2D eigenvalue weighted by Crippen LogP contribution is 2.51. The Morgan fingerprint density at radius 1 is 1.14 bits per heavy atom. The number of rotatable bonds is 2. The summed E-state index contributed by atoms with van der Waals surface area (Å²) in [4.78, 5) is 0. The van der Waals surface area contributed by atoms with Crippen molar-refractivity contribution in [3.63, 3.8) is 0 Å². The molecule has 0 aromatic heterocycles. The molecule has 0 spiro atoms. The summed E-state index contributed by atoms with van der Waals surface area (Å²) in [7, 11) is 1.75. The van der Waals surface area contributed by atoms with Gasteiger partial charge in [0.25, 0.3) is 0 Å². The Balaban J connectivity index is 1.81. The average Bonchev–Trinajstić information content (AvgIpc) is 3.04. The number of para-hydroxylation sites is 1. The lowest BCUT2D eigenvalue weighted by Gasteiger charge is -2.38. The Morgan fingerprint density at radius 2 is 2.00 bits per heavy atom. The topological polar surface area (TPSA) is 21.3 Å². The summed E-state index contributed by atoms with van der Waals surface area (Å²) in [6.07, 6.45) is 5.82. The fraction of sp³-hybridized carbons (Fsp3) is 0.263. The van der Waals surface area contributed by atoms with E-state index in [-0.39, 0.29) is 0 Å². The molecule has 3 heteroatoms. The quantitative estimate of drug-likeness (QED) is 0.555. The molecule has 0 saturated heterocycles. The summed E-state index contributed by atoms with van der Waals surface area (Å²) in [6, 6.07) is 15.4. The van der Waals surface area contributed by atoms with Gasteiger partial charge >= 0.3 is 0 Å². The van der Waals surface area contributed by atoms with Crippen LogP contribution in [0.3, 0.4) is 0 Å². The van der Waals surface area contributed by atoms with Crippen molar-refractivity contribution in [3.05, 3.63) is 69.3 Å². The van der Waals surface area contributed by atoms with Crippen molar-refractivity contribution in [1.29, 1.82) is 0 Å². The molecule has 0 radical (unpaired) electrons. The lowest BCUT2D eigenvalue weighted by Crippen LogP contribution is -2.29. The number of benzene rings is 2. The summed E-state index contributed by atoms with van der Waals surface area (Å²) >= 11 is 2.40. The second-order valence-corrected chi connectivity index (χ2v) is 7.19. The molecule has 0 bridgehead atoms. The van der Waals surface area contributed by atoms with Crippen LogP contribution in [0.5, 0.6) is 5.75 Å². The number of halogens is 1. The third-order valence-electron chi connectivity index (χ3n) is 4.80. The number of ether oxygens (including phenoxy) is 1. The van der Waals surface area contributed by atoms with E-state index in [1.807, 2.05) is 6.07 Å². The summed E-state index contributed by atoms with van der Waals surface area (Å²) < 4.78 is 6.89. The first-order chi connectivity index (χ1) is 10.8. The van der Waals surface area contributed by atoms with Crippen LogP contribution >= 0.6 is 22.6 Å². The minimum absolute atomic E-state index is 0.295. The highest BCUT2D eigenvalue weighted by molar-refractivity contribution is 14.1. The summed E-state index contributed by atoms with van der Waals surface area (Å²) in [6.45, 7) is 0. The molecule has 1 aliphatic carbocycles. The van der Waals surface area contributed by atoms with Gasteiger partial charge in [-0.15, -0.1) is 0 Å². The fourth-order valence-electron chi connectivity index (χ4n) is 3.80. The number of hydrogen-bond acceptors (Lipinski definition) is 2. The molecule has 2 aliphatic rings. The molecule has 1 N–H and O–H groups in total. The van der Waals surface area contributed by atoms with E-state index >= 15 is 0 Å². The minimum Gasteiger partial charge on any atom is -0.496 e. The molecule has 0 fully saturated rings. The molecular weight excluding hydrogens is 385 g/mol. The van der Waals surface area contributed by atoms with E-state index in [2.05, 4.69) is 76.5 Å². The molecule has 2 nitrogen and oxygen atoms in total. The molecule has 112 valence electrons. The van der Waals surface area contributed by atoms with Crippen molar-refractivity contribution in [3.8, 4) is 5.75 Å². The van der Waals surface area contributed by atoms with Gasteiger partial charge in [-0.1, -0.05) is 30.4 Å². The zero-order chi connectivity index (χ0) is 15.1. The zero-order valence-corrected chi connectivity index (χ0v) is 14.6. The Bertz CT molecular complexity index is 740. The lowest BCUT2D eigenvalue weighted by molar-refractivity contribution is 0.381. The van der Waals surface area contributed by atoms with Gasteiger partial charge in [-0.3, -0.25) is 0 Å². The van der Waals surface area contributed by atoms with E-state index in [0.29, 0.717) is 17.9 Å². The second kappa shape index (κ2) is 5.61. The maximum Gasteiger partial charge on any atom is 0.124 e. The van der Waals surface area contributed by atoms with Crippen LogP contribution < -0.4 is 10.1 Å². The molecular formula is C19H18INO. The van der Waals surface area contributed by atoms with Crippen molar-refractivity contribution >= 4 is 28.3 Å². The van der Waals surface area contributed by atoms with Crippen LogP contribution in [0.15, 0.2) is 54.6 Å². The summed E-state index contributed by atoms with van der Waals surface area (Å²) in [5.74, 6) is 2.03. The van der Waals surface area contributed by atoms with E-state index in [4.69, 9.17) is 4.74 Å². The van der Waals surface area contributed by atoms with Gasteiger partial charge in [0, 0.05) is 20.7 Å². The van der Waals surface area contributed by atoms with Gasteiger partial charge in [0.05, 0.1) is 13.2 Å². The standard InChI is InChI=1S/C19H18INO/c1-22-18-8-3-2-5-15(18)19-14-7-4-6-13(14)16-11-12(20)9-10-17(16)21-19/h2-6,8-11,13-14,19,21H,7H2,1H3/t13-,14-,19+/m1/s1.